The second-order valence-corrected chi connectivity index (χ2v) is 7.20. The third-order valence-electron chi connectivity index (χ3n) is 4.76. The highest BCUT2D eigenvalue weighted by Crippen LogP contribution is 2.48. The summed E-state index contributed by atoms with van der Waals surface area (Å²) in [5, 5.41) is 12.3. The van der Waals surface area contributed by atoms with Crippen LogP contribution in [-0.4, -0.2) is 23.6 Å². The molecule has 27 heavy (non-hydrogen) atoms. The van der Waals surface area contributed by atoms with Crippen molar-refractivity contribution in [3.8, 4) is 5.75 Å². The molecular formula is C21H22ClNO4. The van der Waals surface area contributed by atoms with Crippen LogP contribution in [0.1, 0.15) is 36.8 Å². The zero-order chi connectivity index (χ0) is 19.3. The molecule has 0 aromatic heterocycles. The van der Waals surface area contributed by atoms with Gasteiger partial charge in [-0.3, -0.25) is 9.59 Å². The molecule has 5 nitrogen and oxygen atoms in total. The van der Waals surface area contributed by atoms with Crippen molar-refractivity contribution in [3.63, 3.8) is 0 Å². The average Bonchev–Trinajstić information content (AvgIpc) is 3.46. The number of aliphatic carboxylic acids is 1. The summed E-state index contributed by atoms with van der Waals surface area (Å²) in [6.07, 6.45) is 2.27. The van der Waals surface area contributed by atoms with E-state index in [4.69, 9.17) is 21.4 Å². The zero-order valence-electron chi connectivity index (χ0n) is 14.9. The maximum absolute atomic E-state index is 12.7. The van der Waals surface area contributed by atoms with Gasteiger partial charge < -0.3 is 15.2 Å². The topological polar surface area (TPSA) is 75.6 Å². The van der Waals surface area contributed by atoms with E-state index in [1.807, 2.05) is 48.5 Å². The van der Waals surface area contributed by atoms with Crippen LogP contribution < -0.4 is 10.1 Å². The van der Waals surface area contributed by atoms with Crippen molar-refractivity contribution in [2.75, 3.05) is 6.61 Å². The van der Waals surface area contributed by atoms with Gasteiger partial charge >= 0.3 is 5.97 Å². The molecular weight excluding hydrogens is 366 g/mol. The Hall–Kier alpha value is -2.53. The number of hydrogen-bond acceptors (Lipinski definition) is 3. The minimum Gasteiger partial charge on any atom is -0.494 e. The summed E-state index contributed by atoms with van der Waals surface area (Å²) in [5.41, 5.74) is 1.57. The Bertz CT molecular complexity index is 798. The molecule has 0 radical (unpaired) electrons. The fourth-order valence-corrected chi connectivity index (χ4v) is 3.14. The van der Waals surface area contributed by atoms with Crippen LogP contribution in [-0.2, 0) is 21.5 Å². The monoisotopic (exact) mass is 387 g/mol. The molecule has 1 aliphatic carbocycles. The van der Waals surface area contributed by atoms with E-state index in [0.29, 0.717) is 30.3 Å². The molecule has 0 atom stereocenters. The molecule has 1 fully saturated rings. The molecule has 1 amide bonds. The SMILES string of the molecule is O=C(O)CCCOc1ccc(CNC(=O)C2(c3ccc(Cl)cc3)CC2)cc1. The Morgan fingerprint density at radius 3 is 2.33 bits per heavy atom. The lowest BCUT2D eigenvalue weighted by atomic mass is 9.95. The van der Waals surface area contributed by atoms with Gasteiger partial charge in [0.15, 0.2) is 0 Å². The van der Waals surface area contributed by atoms with Crippen LogP contribution in [0.15, 0.2) is 48.5 Å². The molecule has 6 heteroatoms. The predicted octanol–water partition coefficient (Wildman–Crippen LogP) is 3.93. The van der Waals surface area contributed by atoms with Crippen molar-refractivity contribution < 1.29 is 19.4 Å². The lowest BCUT2D eigenvalue weighted by Gasteiger charge is -2.16. The Labute approximate surface area is 163 Å². The number of rotatable bonds is 9. The summed E-state index contributed by atoms with van der Waals surface area (Å²) in [6, 6.07) is 14.9. The number of ether oxygens (including phenoxy) is 1. The first-order valence-electron chi connectivity index (χ1n) is 8.97. The van der Waals surface area contributed by atoms with Crippen molar-refractivity contribution in [1.29, 1.82) is 0 Å². The first-order valence-corrected chi connectivity index (χ1v) is 9.35. The first-order chi connectivity index (χ1) is 13.0. The molecule has 0 saturated heterocycles. The normalized spacial score (nSPS) is 14.4. The summed E-state index contributed by atoms with van der Waals surface area (Å²) >= 11 is 5.93. The summed E-state index contributed by atoms with van der Waals surface area (Å²) in [5.74, 6) is -0.0918. The van der Waals surface area contributed by atoms with E-state index in [9.17, 15) is 9.59 Å². The van der Waals surface area contributed by atoms with Crippen LogP contribution >= 0.6 is 11.6 Å². The predicted molar refractivity (Wildman–Crippen MR) is 103 cm³/mol. The summed E-state index contributed by atoms with van der Waals surface area (Å²) in [7, 11) is 0. The molecule has 0 aliphatic heterocycles. The van der Waals surface area contributed by atoms with E-state index >= 15 is 0 Å². The maximum atomic E-state index is 12.7. The number of carbonyl (C=O) groups excluding carboxylic acids is 1. The Balaban J connectivity index is 1.49. The molecule has 0 bridgehead atoms. The van der Waals surface area contributed by atoms with Crippen molar-refractivity contribution in [2.45, 2.75) is 37.6 Å². The van der Waals surface area contributed by atoms with E-state index < -0.39 is 11.4 Å². The van der Waals surface area contributed by atoms with E-state index in [1.54, 1.807) is 0 Å². The van der Waals surface area contributed by atoms with Gasteiger partial charge in [-0.2, -0.15) is 0 Å². The van der Waals surface area contributed by atoms with E-state index in [1.165, 1.54) is 0 Å². The third-order valence-corrected chi connectivity index (χ3v) is 5.01. The van der Waals surface area contributed by atoms with E-state index in [0.717, 1.165) is 24.0 Å². The second kappa shape index (κ2) is 8.44. The van der Waals surface area contributed by atoms with Crippen LogP contribution in [0.3, 0.4) is 0 Å². The van der Waals surface area contributed by atoms with Crippen molar-refractivity contribution in [3.05, 3.63) is 64.7 Å². The largest absolute Gasteiger partial charge is 0.494 e. The Morgan fingerprint density at radius 1 is 1.07 bits per heavy atom. The van der Waals surface area contributed by atoms with Crippen molar-refractivity contribution >= 4 is 23.5 Å². The van der Waals surface area contributed by atoms with Gasteiger partial charge in [-0.15, -0.1) is 0 Å². The number of amides is 1. The first kappa shape index (κ1) is 19.2. The highest BCUT2D eigenvalue weighted by Gasteiger charge is 2.50. The van der Waals surface area contributed by atoms with Gasteiger partial charge in [0.2, 0.25) is 5.91 Å². The number of hydrogen-bond donors (Lipinski definition) is 2. The molecule has 3 rings (SSSR count). The van der Waals surface area contributed by atoms with Crippen LogP contribution in [0.25, 0.3) is 0 Å². The van der Waals surface area contributed by atoms with Gasteiger partial charge in [0.25, 0.3) is 0 Å². The Kier molecular flexibility index (Phi) is 6.01. The van der Waals surface area contributed by atoms with E-state index in [2.05, 4.69) is 5.32 Å². The quantitative estimate of drug-likeness (QED) is 0.639. The van der Waals surface area contributed by atoms with Gasteiger partial charge in [0.05, 0.1) is 12.0 Å². The van der Waals surface area contributed by atoms with Crippen LogP contribution in [0.5, 0.6) is 5.75 Å². The summed E-state index contributed by atoms with van der Waals surface area (Å²) < 4.78 is 5.51. The molecule has 0 spiro atoms. The molecule has 142 valence electrons. The lowest BCUT2D eigenvalue weighted by Crippen LogP contribution is -2.34. The minimum atomic E-state index is -0.822. The van der Waals surface area contributed by atoms with E-state index in [-0.39, 0.29) is 12.3 Å². The van der Waals surface area contributed by atoms with Crippen LogP contribution in [0, 0.1) is 0 Å². The second-order valence-electron chi connectivity index (χ2n) is 6.76. The standard InChI is InChI=1S/C21H22ClNO4/c22-17-7-5-16(6-8-17)21(11-12-21)20(26)23-14-15-3-9-18(10-4-15)27-13-1-2-19(24)25/h3-10H,1-2,11-14H2,(H,23,26)(H,24,25). The molecule has 2 aromatic carbocycles. The molecule has 0 unspecified atom stereocenters. The Morgan fingerprint density at radius 2 is 1.74 bits per heavy atom. The minimum absolute atomic E-state index is 0.0406. The molecule has 1 aliphatic rings. The smallest absolute Gasteiger partial charge is 0.303 e. The number of benzene rings is 2. The summed E-state index contributed by atoms with van der Waals surface area (Å²) in [6.45, 7) is 0.819. The molecule has 0 heterocycles. The maximum Gasteiger partial charge on any atom is 0.303 e. The molecule has 2 N–H and O–H groups in total. The highest BCUT2D eigenvalue weighted by molar-refractivity contribution is 6.30. The molecule has 1 saturated carbocycles. The van der Waals surface area contributed by atoms with Gasteiger partial charge in [-0.25, -0.2) is 0 Å². The third kappa shape index (κ3) is 5.01. The zero-order valence-corrected chi connectivity index (χ0v) is 15.7. The fourth-order valence-electron chi connectivity index (χ4n) is 3.01. The fraction of sp³-hybridized carbons (Fsp3) is 0.333. The van der Waals surface area contributed by atoms with Crippen molar-refractivity contribution in [1.82, 2.24) is 5.32 Å². The van der Waals surface area contributed by atoms with Crippen LogP contribution in [0.4, 0.5) is 0 Å². The lowest BCUT2D eigenvalue weighted by molar-refractivity contribution is -0.137. The van der Waals surface area contributed by atoms with Gasteiger partial charge in [0.1, 0.15) is 5.75 Å². The number of carboxylic acid groups (broad SMARTS) is 1. The number of carboxylic acids is 1. The number of carbonyl (C=O) groups is 2. The average molecular weight is 388 g/mol. The highest BCUT2D eigenvalue weighted by atomic mass is 35.5. The van der Waals surface area contributed by atoms with Gasteiger partial charge in [-0.1, -0.05) is 35.9 Å². The van der Waals surface area contributed by atoms with Gasteiger partial charge in [0, 0.05) is 18.0 Å². The number of nitrogens with one attached hydrogen (secondary N) is 1. The van der Waals surface area contributed by atoms with Crippen molar-refractivity contribution in [2.24, 2.45) is 0 Å². The molecule has 2 aromatic rings. The number of halogens is 1. The summed E-state index contributed by atoms with van der Waals surface area (Å²) in [4.78, 5) is 23.1. The van der Waals surface area contributed by atoms with Gasteiger partial charge in [-0.05, 0) is 54.7 Å². The van der Waals surface area contributed by atoms with Crippen LogP contribution in [0.2, 0.25) is 5.02 Å².